The summed E-state index contributed by atoms with van der Waals surface area (Å²) in [7, 11) is 0. The first-order valence-electron chi connectivity index (χ1n) is 5.24. The molecule has 0 saturated heterocycles. The van der Waals surface area contributed by atoms with Crippen LogP contribution in [0.2, 0.25) is 0 Å². The molecule has 2 nitrogen and oxygen atoms in total. The molecule has 0 bridgehead atoms. The molecule has 0 aromatic carbocycles. The molecule has 1 N–H and O–H groups in total. The summed E-state index contributed by atoms with van der Waals surface area (Å²) in [4.78, 5) is 11.8. The second kappa shape index (κ2) is 4.99. The van der Waals surface area contributed by atoms with E-state index in [0.717, 1.165) is 24.8 Å². The first-order valence-corrected chi connectivity index (χ1v) is 6.62. The third-order valence-electron chi connectivity index (χ3n) is 2.78. The molecular formula is C11H14ClNOS. The van der Waals surface area contributed by atoms with Crippen LogP contribution in [0.3, 0.4) is 0 Å². The van der Waals surface area contributed by atoms with Crippen LogP contribution in [0, 0.1) is 0 Å². The highest BCUT2D eigenvalue weighted by Crippen LogP contribution is 2.23. The van der Waals surface area contributed by atoms with E-state index >= 15 is 0 Å². The summed E-state index contributed by atoms with van der Waals surface area (Å²) < 4.78 is 0. The highest BCUT2D eigenvalue weighted by Gasteiger charge is 2.24. The Labute approximate surface area is 98.6 Å². The summed E-state index contributed by atoms with van der Waals surface area (Å²) in [6, 6.07) is 1.99. The molecule has 0 radical (unpaired) electrons. The summed E-state index contributed by atoms with van der Waals surface area (Å²) in [5, 5.41) is 6.88. The molecule has 1 aromatic rings. The summed E-state index contributed by atoms with van der Waals surface area (Å²) in [5.74, 6) is 0.00815. The number of thiophene rings is 1. The van der Waals surface area contributed by atoms with Gasteiger partial charge in [-0.15, -0.1) is 11.6 Å². The van der Waals surface area contributed by atoms with Gasteiger partial charge in [0.25, 0.3) is 5.91 Å². The number of carbonyl (C=O) groups excluding carboxylic acids is 1. The van der Waals surface area contributed by atoms with Crippen LogP contribution in [0.15, 0.2) is 16.8 Å². The molecular weight excluding hydrogens is 230 g/mol. The molecule has 2 unspecified atom stereocenters. The van der Waals surface area contributed by atoms with E-state index in [1.807, 2.05) is 16.8 Å². The van der Waals surface area contributed by atoms with Gasteiger partial charge < -0.3 is 5.32 Å². The van der Waals surface area contributed by atoms with Crippen LogP contribution in [0.4, 0.5) is 0 Å². The Kier molecular flexibility index (Phi) is 3.65. The van der Waals surface area contributed by atoms with Crippen LogP contribution in [-0.2, 0) is 0 Å². The molecule has 1 fully saturated rings. The number of nitrogens with one attached hydrogen (secondary N) is 1. The molecule has 1 saturated carbocycles. The monoisotopic (exact) mass is 243 g/mol. The fourth-order valence-corrected chi connectivity index (χ4v) is 2.87. The lowest BCUT2D eigenvalue weighted by Gasteiger charge is -2.27. The SMILES string of the molecule is O=C(NC1CCCCC1Cl)c1ccsc1. The van der Waals surface area contributed by atoms with E-state index in [1.54, 1.807) is 0 Å². The number of rotatable bonds is 2. The number of carbonyl (C=O) groups is 1. The van der Waals surface area contributed by atoms with Gasteiger partial charge in [-0.2, -0.15) is 11.3 Å². The van der Waals surface area contributed by atoms with Crippen molar-refractivity contribution in [1.82, 2.24) is 5.32 Å². The van der Waals surface area contributed by atoms with E-state index in [4.69, 9.17) is 11.6 Å². The molecule has 15 heavy (non-hydrogen) atoms. The van der Waals surface area contributed by atoms with Crippen molar-refractivity contribution in [2.75, 3.05) is 0 Å². The van der Waals surface area contributed by atoms with Gasteiger partial charge >= 0.3 is 0 Å². The molecule has 82 valence electrons. The smallest absolute Gasteiger partial charge is 0.252 e. The van der Waals surface area contributed by atoms with Crippen molar-refractivity contribution in [1.29, 1.82) is 0 Å². The largest absolute Gasteiger partial charge is 0.348 e. The van der Waals surface area contributed by atoms with Crippen molar-refractivity contribution < 1.29 is 4.79 Å². The highest BCUT2D eigenvalue weighted by molar-refractivity contribution is 7.08. The average molecular weight is 244 g/mol. The third kappa shape index (κ3) is 2.73. The minimum atomic E-state index is 0.00815. The first-order chi connectivity index (χ1) is 7.27. The van der Waals surface area contributed by atoms with E-state index in [9.17, 15) is 4.79 Å². The van der Waals surface area contributed by atoms with Crippen molar-refractivity contribution in [3.05, 3.63) is 22.4 Å². The first kappa shape index (κ1) is 11.0. The number of alkyl halides is 1. The molecule has 1 aromatic heterocycles. The number of halogens is 1. The zero-order valence-electron chi connectivity index (χ0n) is 8.41. The Morgan fingerprint density at radius 1 is 1.47 bits per heavy atom. The quantitative estimate of drug-likeness (QED) is 0.795. The van der Waals surface area contributed by atoms with Gasteiger partial charge in [-0.25, -0.2) is 0 Å². The Balaban J connectivity index is 1.93. The second-order valence-corrected chi connectivity index (χ2v) is 5.23. The Bertz CT molecular complexity index is 325. The van der Waals surface area contributed by atoms with Gasteiger partial charge in [-0.3, -0.25) is 4.79 Å². The molecule has 2 atom stereocenters. The minimum absolute atomic E-state index is 0.00815. The summed E-state index contributed by atoms with van der Waals surface area (Å²) in [5.41, 5.74) is 0.745. The Morgan fingerprint density at radius 3 is 2.93 bits per heavy atom. The van der Waals surface area contributed by atoms with Crippen LogP contribution in [0.1, 0.15) is 36.0 Å². The van der Waals surface area contributed by atoms with E-state index in [1.165, 1.54) is 17.8 Å². The van der Waals surface area contributed by atoms with Crippen LogP contribution in [0.25, 0.3) is 0 Å². The predicted octanol–water partition coefficient (Wildman–Crippen LogP) is 3.03. The second-order valence-electron chi connectivity index (χ2n) is 3.89. The zero-order chi connectivity index (χ0) is 10.7. The molecule has 4 heteroatoms. The summed E-state index contributed by atoms with van der Waals surface area (Å²) in [6.07, 6.45) is 4.36. The highest BCUT2D eigenvalue weighted by atomic mass is 35.5. The maximum atomic E-state index is 11.8. The van der Waals surface area contributed by atoms with Gasteiger partial charge in [-0.1, -0.05) is 12.8 Å². The van der Waals surface area contributed by atoms with Crippen molar-refractivity contribution in [3.8, 4) is 0 Å². The molecule has 0 aliphatic heterocycles. The maximum absolute atomic E-state index is 11.8. The molecule has 0 spiro atoms. The molecule has 1 amide bonds. The van der Waals surface area contributed by atoms with E-state index in [-0.39, 0.29) is 17.3 Å². The summed E-state index contributed by atoms with van der Waals surface area (Å²) in [6.45, 7) is 0. The van der Waals surface area contributed by atoms with E-state index in [2.05, 4.69) is 5.32 Å². The average Bonchev–Trinajstić information content (AvgIpc) is 2.74. The fraction of sp³-hybridized carbons (Fsp3) is 0.545. The fourth-order valence-electron chi connectivity index (χ4n) is 1.89. The number of hydrogen-bond acceptors (Lipinski definition) is 2. The van der Waals surface area contributed by atoms with Crippen LogP contribution in [-0.4, -0.2) is 17.3 Å². The lowest BCUT2D eigenvalue weighted by molar-refractivity contribution is 0.0929. The zero-order valence-corrected chi connectivity index (χ0v) is 9.98. The Hall–Kier alpha value is -0.540. The maximum Gasteiger partial charge on any atom is 0.252 e. The number of hydrogen-bond donors (Lipinski definition) is 1. The minimum Gasteiger partial charge on any atom is -0.348 e. The number of amides is 1. The van der Waals surface area contributed by atoms with Gasteiger partial charge in [-0.05, 0) is 24.3 Å². The van der Waals surface area contributed by atoms with Crippen LogP contribution in [0.5, 0.6) is 0 Å². The lowest BCUT2D eigenvalue weighted by atomic mass is 9.95. The molecule has 2 rings (SSSR count). The third-order valence-corrected chi connectivity index (χ3v) is 3.99. The molecule has 1 heterocycles. The van der Waals surface area contributed by atoms with Gasteiger partial charge in [0.2, 0.25) is 0 Å². The van der Waals surface area contributed by atoms with Crippen molar-refractivity contribution in [3.63, 3.8) is 0 Å². The van der Waals surface area contributed by atoms with Gasteiger partial charge in [0.1, 0.15) is 0 Å². The lowest BCUT2D eigenvalue weighted by Crippen LogP contribution is -2.42. The summed E-state index contributed by atoms with van der Waals surface area (Å²) >= 11 is 7.71. The normalized spacial score (nSPS) is 26.2. The van der Waals surface area contributed by atoms with Crippen molar-refractivity contribution in [2.45, 2.75) is 37.1 Å². The standard InChI is InChI=1S/C11H14ClNOS/c12-9-3-1-2-4-10(9)13-11(14)8-5-6-15-7-8/h5-7,9-10H,1-4H2,(H,13,14). The van der Waals surface area contributed by atoms with E-state index in [0.29, 0.717) is 0 Å². The van der Waals surface area contributed by atoms with Crippen molar-refractivity contribution >= 4 is 28.8 Å². The van der Waals surface area contributed by atoms with Gasteiger partial charge in [0.15, 0.2) is 0 Å². The Morgan fingerprint density at radius 2 is 2.27 bits per heavy atom. The molecule has 1 aliphatic rings. The van der Waals surface area contributed by atoms with Crippen LogP contribution >= 0.6 is 22.9 Å². The predicted molar refractivity (Wildman–Crippen MR) is 63.7 cm³/mol. The molecule has 1 aliphatic carbocycles. The van der Waals surface area contributed by atoms with E-state index < -0.39 is 0 Å². The van der Waals surface area contributed by atoms with Gasteiger partial charge in [0.05, 0.1) is 5.38 Å². The topological polar surface area (TPSA) is 29.1 Å². The van der Waals surface area contributed by atoms with Crippen molar-refractivity contribution in [2.24, 2.45) is 0 Å². The van der Waals surface area contributed by atoms with Crippen LogP contribution < -0.4 is 5.32 Å². The van der Waals surface area contributed by atoms with Gasteiger partial charge in [0, 0.05) is 17.0 Å².